The van der Waals surface area contributed by atoms with E-state index in [2.05, 4.69) is 4.98 Å². The molecule has 1 heterocycles. The molecule has 6 heteroatoms. The average Bonchev–Trinajstić information content (AvgIpc) is 2.43. The van der Waals surface area contributed by atoms with E-state index in [0.29, 0.717) is 22.4 Å². The van der Waals surface area contributed by atoms with Crippen molar-refractivity contribution in [3.05, 3.63) is 47.6 Å². The van der Waals surface area contributed by atoms with E-state index in [1.807, 2.05) is 0 Å². The Morgan fingerprint density at radius 3 is 2.50 bits per heavy atom. The van der Waals surface area contributed by atoms with E-state index in [4.69, 9.17) is 26.2 Å². The van der Waals surface area contributed by atoms with Crippen LogP contribution in [0.15, 0.2) is 42.6 Å². The van der Waals surface area contributed by atoms with Gasteiger partial charge in [0.1, 0.15) is 16.5 Å². The molecule has 20 heavy (non-hydrogen) atoms. The van der Waals surface area contributed by atoms with Gasteiger partial charge in [0.05, 0.1) is 0 Å². The lowest BCUT2D eigenvalue weighted by atomic mass is 10.3. The van der Waals surface area contributed by atoms with Crippen LogP contribution in [0.2, 0.25) is 5.02 Å². The molecule has 0 bridgehead atoms. The Labute approximate surface area is 120 Å². The maximum absolute atomic E-state index is 10.7. The van der Waals surface area contributed by atoms with Gasteiger partial charge < -0.3 is 14.6 Å². The second-order valence-corrected chi connectivity index (χ2v) is 4.37. The summed E-state index contributed by atoms with van der Waals surface area (Å²) in [6.07, 6.45) is 0.666. The largest absolute Gasteiger partial charge is 0.479 e. The summed E-state index contributed by atoms with van der Waals surface area (Å²) in [6.45, 7) is 1.46. The van der Waals surface area contributed by atoms with Crippen molar-refractivity contribution in [3.8, 4) is 17.4 Å². The number of pyridine rings is 1. The number of aromatic nitrogens is 1. The zero-order valence-electron chi connectivity index (χ0n) is 10.6. The van der Waals surface area contributed by atoms with E-state index in [9.17, 15) is 4.79 Å². The molecule has 0 radical (unpaired) electrons. The molecule has 1 aromatic carbocycles. The van der Waals surface area contributed by atoms with Crippen LogP contribution in [0.3, 0.4) is 0 Å². The van der Waals surface area contributed by atoms with Gasteiger partial charge in [0, 0.05) is 6.20 Å². The second kappa shape index (κ2) is 6.25. The standard InChI is InChI=1S/C14H12ClNO4/c1-9(14(17)18)19-10-4-6-11(7-5-10)20-13-12(15)3-2-8-16-13/h2-9H,1H3,(H,17,18). The van der Waals surface area contributed by atoms with Crippen LogP contribution in [0.5, 0.6) is 17.4 Å². The Bertz CT molecular complexity index is 600. The third-order valence-electron chi connectivity index (χ3n) is 2.42. The highest BCUT2D eigenvalue weighted by atomic mass is 35.5. The highest BCUT2D eigenvalue weighted by Crippen LogP contribution is 2.27. The maximum atomic E-state index is 10.7. The van der Waals surface area contributed by atoms with E-state index in [1.54, 1.807) is 42.6 Å². The lowest BCUT2D eigenvalue weighted by molar-refractivity contribution is -0.144. The molecular formula is C14H12ClNO4. The van der Waals surface area contributed by atoms with Crippen molar-refractivity contribution in [2.75, 3.05) is 0 Å². The van der Waals surface area contributed by atoms with Crippen molar-refractivity contribution >= 4 is 17.6 Å². The summed E-state index contributed by atoms with van der Waals surface area (Å²) in [7, 11) is 0. The van der Waals surface area contributed by atoms with Crippen molar-refractivity contribution in [3.63, 3.8) is 0 Å². The van der Waals surface area contributed by atoms with Gasteiger partial charge in [0.25, 0.3) is 0 Å². The fourth-order valence-corrected chi connectivity index (χ4v) is 1.56. The fraction of sp³-hybridized carbons (Fsp3) is 0.143. The Morgan fingerprint density at radius 1 is 1.25 bits per heavy atom. The van der Waals surface area contributed by atoms with Gasteiger partial charge in [-0.2, -0.15) is 0 Å². The molecule has 0 amide bonds. The van der Waals surface area contributed by atoms with Crippen LogP contribution in [-0.2, 0) is 4.79 Å². The van der Waals surface area contributed by atoms with E-state index in [0.717, 1.165) is 0 Å². The van der Waals surface area contributed by atoms with E-state index < -0.39 is 12.1 Å². The monoisotopic (exact) mass is 293 g/mol. The van der Waals surface area contributed by atoms with Crippen molar-refractivity contribution in [2.45, 2.75) is 13.0 Å². The van der Waals surface area contributed by atoms with Crippen LogP contribution >= 0.6 is 11.6 Å². The molecule has 1 unspecified atom stereocenters. The predicted octanol–water partition coefficient (Wildman–Crippen LogP) is 3.38. The number of rotatable bonds is 5. The maximum Gasteiger partial charge on any atom is 0.344 e. The van der Waals surface area contributed by atoms with Crippen molar-refractivity contribution in [1.82, 2.24) is 4.98 Å². The minimum absolute atomic E-state index is 0.307. The highest BCUT2D eigenvalue weighted by molar-refractivity contribution is 6.31. The number of halogens is 1. The molecule has 1 atom stereocenters. The minimum atomic E-state index is -1.02. The highest BCUT2D eigenvalue weighted by Gasteiger charge is 2.12. The van der Waals surface area contributed by atoms with Crippen molar-refractivity contribution in [1.29, 1.82) is 0 Å². The average molecular weight is 294 g/mol. The summed E-state index contributed by atoms with van der Waals surface area (Å²) in [6, 6.07) is 9.91. The Kier molecular flexibility index (Phi) is 4.42. The van der Waals surface area contributed by atoms with Gasteiger partial charge in [0.2, 0.25) is 5.88 Å². The molecule has 1 aromatic heterocycles. The topological polar surface area (TPSA) is 68.7 Å². The molecular weight excluding hydrogens is 282 g/mol. The van der Waals surface area contributed by atoms with Crippen molar-refractivity contribution in [2.24, 2.45) is 0 Å². The molecule has 0 aliphatic carbocycles. The molecule has 0 aliphatic rings. The lowest BCUT2D eigenvalue weighted by Crippen LogP contribution is -2.22. The molecule has 0 saturated carbocycles. The lowest BCUT2D eigenvalue weighted by Gasteiger charge is -2.11. The molecule has 0 spiro atoms. The van der Waals surface area contributed by atoms with Crippen LogP contribution in [0.4, 0.5) is 0 Å². The Hall–Kier alpha value is -2.27. The van der Waals surface area contributed by atoms with Crippen LogP contribution in [0, 0.1) is 0 Å². The van der Waals surface area contributed by atoms with E-state index >= 15 is 0 Å². The number of hydrogen-bond donors (Lipinski definition) is 1. The molecule has 0 saturated heterocycles. The molecule has 0 fully saturated rings. The molecule has 1 N–H and O–H groups in total. The number of carboxylic acid groups (broad SMARTS) is 1. The molecule has 2 rings (SSSR count). The van der Waals surface area contributed by atoms with Gasteiger partial charge in [-0.25, -0.2) is 9.78 Å². The Balaban J connectivity index is 2.05. The number of carboxylic acids is 1. The number of carbonyl (C=O) groups is 1. The van der Waals surface area contributed by atoms with Gasteiger partial charge in [-0.05, 0) is 43.3 Å². The van der Waals surface area contributed by atoms with Gasteiger partial charge >= 0.3 is 5.97 Å². The van der Waals surface area contributed by atoms with Crippen LogP contribution < -0.4 is 9.47 Å². The predicted molar refractivity (Wildman–Crippen MR) is 73.5 cm³/mol. The summed E-state index contributed by atoms with van der Waals surface area (Å²) < 4.78 is 10.7. The van der Waals surface area contributed by atoms with E-state index in [1.165, 1.54) is 6.92 Å². The number of benzene rings is 1. The second-order valence-electron chi connectivity index (χ2n) is 3.96. The SMILES string of the molecule is CC(Oc1ccc(Oc2ncccc2Cl)cc1)C(=O)O. The molecule has 2 aromatic rings. The number of aliphatic carboxylic acids is 1. The summed E-state index contributed by atoms with van der Waals surface area (Å²) in [5.41, 5.74) is 0. The first kappa shape index (κ1) is 14.1. The third kappa shape index (κ3) is 3.61. The van der Waals surface area contributed by atoms with Crippen LogP contribution in [0.1, 0.15) is 6.92 Å². The molecule has 5 nitrogen and oxygen atoms in total. The summed E-state index contributed by atoms with van der Waals surface area (Å²) in [4.78, 5) is 14.7. The third-order valence-corrected chi connectivity index (χ3v) is 2.71. The quantitative estimate of drug-likeness (QED) is 0.915. The molecule has 0 aliphatic heterocycles. The van der Waals surface area contributed by atoms with Crippen LogP contribution in [-0.4, -0.2) is 22.2 Å². The summed E-state index contributed by atoms with van der Waals surface area (Å²) >= 11 is 5.93. The van der Waals surface area contributed by atoms with Gasteiger partial charge in [0.15, 0.2) is 6.10 Å². The number of ether oxygens (including phenoxy) is 2. The first-order valence-corrected chi connectivity index (χ1v) is 6.22. The smallest absolute Gasteiger partial charge is 0.344 e. The summed E-state index contributed by atoms with van der Waals surface area (Å²) in [5, 5.41) is 9.16. The summed E-state index contributed by atoms with van der Waals surface area (Å²) in [5.74, 6) is 0.257. The van der Waals surface area contributed by atoms with Gasteiger partial charge in [-0.15, -0.1) is 0 Å². The fourth-order valence-electron chi connectivity index (χ4n) is 1.40. The first-order valence-electron chi connectivity index (χ1n) is 5.84. The zero-order chi connectivity index (χ0) is 14.5. The Morgan fingerprint density at radius 2 is 1.90 bits per heavy atom. The minimum Gasteiger partial charge on any atom is -0.479 e. The molecule has 104 valence electrons. The zero-order valence-corrected chi connectivity index (χ0v) is 11.4. The van der Waals surface area contributed by atoms with Gasteiger partial charge in [-0.3, -0.25) is 0 Å². The normalized spacial score (nSPS) is 11.7. The number of nitrogens with zero attached hydrogens (tertiary/aromatic N) is 1. The van der Waals surface area contributed by atoms with Crippen molar-refractivity contribution < 1.29 is 19.4 Å². The van der Waals surface area contributed by atoms with Gasteiger partial charge in [-0.1, -0.05) is 11.6 Å². The van der Waals surface area contributed by atoms with E-state index in [-0.39, 0.29) is 0 Å². The first-order chi connectivity index (χ1) is 9.56. The van der Waals surface area contributed by atoms with Crippen LogP contribution in [0.25, 0.3) is 0 Å². The number of hydrogen-bond acceptors (Lipinski definition) is 4.